The summed E-state index contributed by atoms with van der Waals surface area (Å²) in [6, 6.07) is 0. The highest BCUT2D eigenvalue weighted by Crippen LogP contribution is 2.22. The van der Waals surface area contributed by atoms with E-state index in [-0.39, 0.29) is 0 Å². The van der Waals surface area contributed by atoms with Crippen molar-refractivity contribution < 1.29 is 10.0 Å². The zero-order valence-corrected chi connectivity index (χ0v) is 6.08. The topological polar surface area (TPSA) is 40.5 Å². The van der Waals surface area contributed by atoms with E-state index in [1.54, 1.807) is 5.98 Å². The maximum absolute atomic E-state index is 8.58. The fraction of sp³-hybridized carbons (Fsp3) is 0.714. The molecule has 1 aliphatic rings. The lowest BCUT2D eigenvalue weighted by Crippen LogP contribution is -2.09. The van der Waals surface area contributed by atoms with E-state index in [0.29, 0.717) is 0 Å². The molecular formula is C7H13BO2. The van der Waals surface area contributed by atoms with Gasteiger partial charge in [0.25, 0.3) is 0 Å². The van der Waals surface area contributed by atoms with Crippen LogP contribution in [-0.2, 0) is 0 Å². The van der Waals surface area contributed by atoms with Crippen LogP contribution < -0.4 is 0 Å². The molecule has 1 saturated carbocycles. The predicted octanol–water partition coefficient (Wildman–Crippen LogP) is 0.889. The van der Waals surface area contributed by atoms with Crippen LogP contribution in [0.1, 0.15) is 32.1 Å². The van der Waals surface area contributed by atoms with Gasteiger partial charge < -0.3 is 10.0 Å². The Kier molecular flexibility index (Phi) is 2.96. The first-order valence-corrected chi connectivity index (χ1v) is 3.85. The average molecular weight is 140 g/mol. The van der Waals surface area contributed by atoms with E-state index < -0.39 is 7.12 Å². The summed E-state index contributed by atoms with van der Waals surface area (Å²) < 4.78 is 0. The van der Waals surface area contributed by atoms with Crippen molar-refractivity contribution in [2.24, 2.45) is 0 Å². The Balaban J connectivity index is 2.37. The van der Waals surface area contributed by atoms with Crippen molar-refractivity contribution in [1.82, 2.24) is 0 Å². The van der Waals surface area contributed by atoms with Crippen LogP contribution in [0.4, 0.5) is 0 Å². The molecule has 0 saturated heterocycles. The van der Waals surface area contributed by atoms with Crippen molar-refractivity contribution >= 4 is 7.12 Å². The average Bonchev–Trinajstić information content (AvgIpc) is 1.88. The van der Waals surface area contributed by atoms with Gasteiger partial charge in [-0.1, -0.05) is 18.0 Å². The van der Waals surface area contributed by atoms with Gasteiger partial charge in [0.15, 0.2) is 0 Å². The predicted molar refractivity (Wildman–Crippen MR) is 41.4 cm³/mol. The standard InChI is InChI=1S/C7H13BO2/c9-8(10)6-7-4-2-1-3-5-7/h6,9-10H,1-5H2. The van der Waals surface area contributed by atoms with Crippen molar-refractivity contribution in [3.63, 3.8) is 0 Å². The molecule has 0 aromatic rings. The summed E-state index contributed by atoms with van der Waals surface area (Å²) in [7, 11) is -1.24. The minimum Gasteiger partial charge on any atom is -0.424 e. The van der Waals surface area contributed by atoms with Gasteiger partial charge in [0, 0.05) is 0 Å². The van der Waals surface area contributed by atoms with Gasteiger partial charge >= 0.3 is 7.12 Å². The Hall–Kier alpha value is -0.275. The molecule has 1 aliphatic carbocycles. The van der Waals surface area contributed by atoms with Crippen LogP contribution in [0.25, 0.3) is 0 Å². The lowest BCUT2D eigenvalue weighted by molar-refractivity contribution is 0.422. The Morgan fingerprint density at radius 1 is 1.10 bits per heavy atom. The van der Waals surface area contributed by atoms with Crippen LogP contribution in [0, 0.1) is 0 Å². The molecule has 2 nitrogen and oxygen atoms in total. The number of allylic oxidation sites excluding steroid dienone is 1. The lowest BCUT2D eigenvalue weighted by atomic mass is 9.83. The van der Waals surface area contributed by atoms with Gasteiger partial charge in [-0.25, -0.2) is 0 Å². The van der Waals surface area contributed by atoms with E-state index in [9.17, 15) is 0 Å². The Morgan fingerprint density at radius 3 is 2.20 bits per heavy atom. The highest BCUT2D eigenvalue weighted by molar-refractivity contribution is 6.47. The van der Waals surface area contributed by atoms with E-state index in [4.69, 9.17) is 10.0 Å². The zero-order chi connectivity index (χ0) is 7.40. The van der Waals surface area contributed by atoms with E-state index in [0.717, 1.165) is 12.8 Å². The molecule has 0 radical (unpaired) electrons. The summed E-state index contributed by atoms with van der Waals surface area (Å²) >= 11 is 0. The fourth-order valence-corrected chi connectivity index (χ4v) is 1.38. The van der Waals surface area contributed by atoms with Gasteiger partial charge in [-0.15, -0.1) is 0 Å². The maximum atomic E-state index is 8.58. The van der Waals surface area contributed by atoms with Gasteiger partial charge in [-0.3, -0.25) is 0 Å². The van der Waals surface area contributed by atoms with Gasteiger partial charge in [0.1, 0.15) is 0 Å². The molecule has 2 N–H and O–H groups in total. The molecular weight excluding hydrogens is 127 g/mol. The molecule has 0 heterocycles. The second-order valence-electron chi connectivity index (χ2n) is 2.80. The maximum Gasteiger partial charge on any atom is 0.480 e. The molecule has 0 bridgehead atoms. The van der Waals surface area contributed by atoms with E-state index in [2.05, 4.69) is 0 Å². The molecule has 1 rings (SSSR count). The first-order chi connectivity index (χ1) is 4.79. The first-order valence-electron chi connectivity index (χ1n) is 3.85. The van der Waals surface area contributed by atoms with Gasteiger partial charge in [0.05, 0.1) is 0 Å². The third-order valence-electron chi connectivity index (χ3n) is 1.88. The minimum absolute atomic E-state index is 1.05. The van der Waals surface area contributed by atoms with Gasteiger partial charge in [-0.05, 0) is 25.7 Å². The van der Waals surface area contributed by atoms with Crippen LogP contribution in [-0.4, -0.2) is 17.2 Å². The van der Waals surface area contributed by atoms with Gasteiger partial charge in [0.2, 0.25) is 0 Å². The van der Waals surface area contributed by atoms with Crippen LogP contribution in [0.5, 0.6) is 0 Å². The molecule has 0 spiro atoms. The quantitative estimate of drug-likeness (QED) is 0.531. The fourth-order valence-electron chi connectivity index (χ4n) is 1.38. The second-order valence-corrected chi connectivity index (χ2v) is 2.80. The SMILES string of the molecule is OB(O)C=C1CCCCC1. The zero-order valence-electron chi connectivity index (χ0n) is 6.08. The molecule has 0 aromatic carbocycles. The molecule has 0 amide bonds. The number of hydrogen-bond donors (Lipinski definition) is 2. The highest BCUT2D eigenvalue weighted by Gasteiger charge is 2.08. The summed E-state index contributed by atoms with van der Waals surface area (Å²) in [4.78, 5) is 0. The van der Waals surface area contributed by atoms with Crippen molar-refractivity contribution in [3.05, 3.63) is 11.5 Å². The van der Waals surface area contributed by atoms with Crippen molar-refractivity contribution in [2.45, 2.75) is 32.1 Å². The number of rotatable bonds is 1. The summed E-state index contributed by atoms with van der Waals surface area (Å²) in [5.41, 5.74) is 1.21. The van der Waals surface area contributed by atoms with Crippen molar-refractivity contribution in [3.8, 4) is 0 Å². The molecule has 0 atom stereocenters. The Labute approximate surface area is 61.7 Å². The molecule has 1 fully saturated rings. The molecule has 0 unspecified atom stereocenters. The molecule has 3 heteroatoms. The third kappa shape index (κ3) is 2.54. The van der Waals surface area contributed by atoms with Crippen LogP contribution in [0.15, 0.2) is 11.5 Å². The van der Waals surface area contributed by atoms with E-state index in [1.165, 1.54) is 24.8 Å². The summed E-state index contributed by atoms with van der Waals surface area (Å²) in [6.07, 6.45) is 5.81. The second kappa shape index (κ2) is 3.79. The number of hydrogen-bond acceptors (Lipinski definition) is 2. The van der Waals surface area contributed by atoms with Crippen molar-refractivity contribution in [1.29, 1.82) is 0 Å². The van der Waals surface area contributed by atoms with Crippen LogP contribution >= 0.6 is 0 Å². The first kappa shape index (κ1) is 7.83. The minimum atomic E-state index is -1.24. The smallest absolute Gasteiger partial charge is 0.424 e. The highest BCUT2D eigenvalue weighted by atomic mass is 16.4. The third-order valence-corrected chi connectivity index (χ3v) is 1.88. The van der Waals surface area contributed by atoms with Crippen molar-refractivity contribution in [2.75, 3.05) is 0 Å². The van der Waals surface area contributed by atoms with Gasteiger partial charge in [-0.2, -0.15) is 0 Å². The van der Waals surface area contributed by atoms with Crippen LogP contribution in [0.3, 0.4) is 0 Å². The summed E-state index contributed by atoms with van der Waals surface area (Å²) in [5.74, 6) is 1.55. The van der Waals surface area contributed by atoms with Crippen LogP contribution in [0.2, 0.25) is 0 Å². The van der Waals surface area contributed by atoms with E-state index in [1.807, 2.05) is 0 Å². The lowest BCUT2D eigenvalue weighted by Gasteiger charge is -2.12. The molecule has 0 aliphatic heterocycles. The summed E-state index contributed by atoms with van der Waals surface area (Å²) in [6.45, 7) is 0. The monoisotopic (exact) mass is 140 g/mol. The normalized spacial score (nSPS) is 18.8. The Bertz CT molecular complexity index is 124. The summed E-state index contributed by atoms with van der Waals surface area (Å²) in [5, 5.41) is 17.2. The molecule has 10 heavy (non-hydrogen) atoms. The molecule has 56 valence electrons. The largest absolute Gasteiger partial charge is 0.480 e. The Morgan fingerprint density at radius 2 is 1.70 bits per heavy atom. The van der Waals surface area contributed by atoms with E-state index >= 15 is 0 Å². The molecule has 0 aromatic heterocycles.